The number of rotatable bonds is 4. The molecule has 0 radical (unpaired) electrons. The highest BCUT2D eigenvalue weighted by molar-refractivity contribution is 5.76. The molecule has 0 aliphatic heterocycles. The first kappa shape index (κ1) is 23.6. The summed E-state index contributed by atoms with van der Waals surface area (Å²) in [6, 6.07) is 4.07. The Morgan fingerprint density at radius 1 is 1.22 bits per heavy atom. The lowest BCUT2D eigenvalue weighted by Crippen LogP contribution is -2.41. The Morgan fingerprint density at radius 2 is 1.74 bits per heavy atom. The number of carbonyl (C=O) groups excluding carboxylic acids is 1. The van der Waals surface area contributed by atoms with Gasteiger partial charge in [-0.3, -0.25) is 9.78 Å². The Balaban J connectivity index is 0. The molecule has 0 fully saturated rings. The van der Waals surface area contributed by atoms with Crippen molar-refractivity contribution in [2.24, 2.45) is 11.3 Å². The molecule has 23 heavy (non-hydrogen) atoms. The smallest absolute Gasteiger partial charge is 0.220 e. The topological polar surface area (TPSA) is 42.0 Å². The molecule has 1 heterocycles. The van der Waals surface area contributed by atoms with Gasteiger partial charge in [-0.15, -0.1) is 13.2 Å². The maximum atomic E-state index is 11.7. The standard InChI is InChI=1S/C14H22N2O.C4H10.C2H4/c1-11(14(2,3)4)16-13(17)8-7-12-6-5-9-15-10-12;1-4(2)3;1-2/h5-6,9-11H,7-8H2,1-4H3,(H,16,17);4H,1-3H3;1-2H2. The number of aromatic nitrogens is 1. The van der Waals surface area contributed by atoms with E-state index in [4.69, 9.17) is 0 Å². The van der Waals surface area contributed by atoms with Gasteiger partial charge < -0.3 is 5.32 Å². The molecule has 1 atom stereocenters. The molecule has 3 nitrogen and oxygen atoms in total. The van der Waals surface area contributed by atoms with Gasteiger partial charge in [-0.25, -0.2) is 0 Å². The van der Waals surface area contributed by atoms with Crippen molar-refractivity contribution in [3.63, 3.8) is 0 Å². The number of aryl methyl sites for hydroxylation is 1. The van der Waals surface area contributed by atoms with Crippen LogP contribution in [-0.2, 0) is 11.2 Å². The van der Waals surface area contributed by atoms with E-state index in [0.717, 1.165) is 17.9 Å². The van der Waals surface area contributed by atoms with Crippen LogP contribution in [0.3, 0.4) is 0 Å². The van der Waals surface area contributed by atoms with Crippen molar-refractivity contribution >= 4 is 5.91 Å². The molecule has 1 unspecified atom stereocenters. The van der Waals surface area contributed by atoms with Gasteiger partial charge in [0.1, 0.15) is 0 Å². The Labute approximate surface area is 143 Å². The summed E-state index contributed by atoms with van der Waals surface area (Å²) in [5, 5.41) is 3.03. The van der Waals surface area contributed by atoms with E-state index in [1.807, 2.05) is 19.1 Å². The lowest BCUT2D eigenvalue weighted by atomic mass is 9.88. The van der Waals surface area contributed by atoms with Crippen LogP contribution in [0.2, 0.25) is 0 Å². The maximum Gasteiger partial charge on any atom is 0.220 e. The van der Waals surface area contributed by atoms with Gasteiger partial charge in [0.25, 0.3) is 0 Å². The third kappa shape index (κ3) is 15.0. The van der Waals surface area contributed by atoms with Crippen LogP contribution in [0.4, 0.5) is 0 Å². The van der Waals surface area contributed by atoms with Crippen LogP contribution in [0, 0.1) is 11.3 Å². The minimum Gasteiger partial charge on any atom is -0.353 e. The van der Waals surface area contributed by atoms with Gasteiger partial charge in [0.2, 0.25) is 5.91 Å². The van der Waals surface area contributed by atoms with E-state index in [1.165, 1.54) is 0 Å². The summed E-state index contributed by atoms with van der Waals surface area (Å²) in [5.41, 5.74) is 1.20. The first-order chi connectivity index (χ1) is 10.6. The van der Waals surface area contributed by atoms with Gasteiger partial charge in [-0.1, -0.05) is 47.6 Å². The molecule has 0 spiro atoms. The van der Waals surface area contributed by atoms with Crippen molar-refractivity contribution in [2.45, 2.75) is 67.3 Å². The number of amides is 1. The number of nitrogens with one attached hydrogen (secondary N) is 1. The Hall–Kier alpha value is -1.64. The van der Waals surface area contributed by atoms with Crippen molar-refractivity contribution in [1.29, 1.82) is 0 Å². The first-order valence-electron chi connectivity index (χ1n) is 8.31. The predicted octanol–water partition coefficient (Wildman–Crippen LogP) is 5.03. The van der Waals surface area contributed by atoms with Crippen molar-refractivity contribution in [1.82, 2.24) is 10.3 Å². The van der Waals surface area contributed by atoms with E-state index in [1.54, 1.807) is 12.4 Å². The molecular weight excluding hydrogens is 284 g/mol. The summed E-state index contributed by atoms with van der Waals surface area (Å²) in [6.07, 6.45) is 4.81. The van der Waals surface area contributed by atoms with Gasteiger partial charge in [-0.05, 0) is 36.3 Å². The molecule has 1 rings (SSSR count). The molecule has 0 aliphatic carbocycles. The molecule has 0 aliphatic rings. The number of nitrogens with zero attached hydrogens (tertiary/aromatic N) is 1. The van der Waals surface area contributed by atoms with E-state index < -0.39 is 0 Å². The van der Waals surface area contributed by atoms with Crippen LogP contribution in [0.25, 0.3) is 0 Å². The summed E-state index contributed by atoms with van der Waals surface area (Å²) in [5.74, 6) is 0.941. The second kappa shape index (κ2) is 12.9. The minimum atomic E-state index is 0.101. The fourth-order valence-electron chi connectivity index (χ4n) is 1.33. The van der Waals surface area contributed by atoms with E-state index in [9.17, 15) is 4.79 Å². The molecule has 0 saturated carbocycles. The zero-order chi connectivity index (χ0) is 18.5. The summed E-state index contributed by atoms with van der Waals surface area (Å²) in [6.45, 7) is 20.9. The monoisotopic (exact) mass is 320 g/mol. The highest BCUT2D eigenvalue weighted by Gasteiger charge is 2.21. The molecule has 0 aromatic carbocycles. The second-order valence-electron chi connectivity index (χ2n) is 7.25. The number of hydrogen-bond donors (Lipinski definition) is 1. The van der Waals surface area contributed by atoms with E-state index in [-0.39, 0.29) is 17.4 Å². The van der Waals surface area contributed by atoms with Crippen molar-refractivity contribution in [3.8, 4) is 0 Å². The van der Waals surface area contributed by atoms with Crippen LogP contribution in [-0.4, -0.2) is 16.9 Å². The van der Waals surface area contributed by atoms with Gasteiger partial charge >= 0.3 is 0 Å². The zero-order valence-corrected chi connectivity index (χ0v) is 16.1. The molecule has 1 amide bonds. The molecule has 132 valence electrons. The van der Waals surface area contributed by atoms with Crippen LogP contribution >= 0.6 is 0 Å². The third-order valence-corrected chi connectivity index (χ3v) is 3.04. The summed E-state index contributed by atoms with van der Waals surface area (Å²) in [4.78, 5) is 15.8. The van der Waals surface area contributed by atoms with Crippen LogP contribution in [0.1, 0.15) is 60.5 Å². The molecule has 1 aromatic heterocycles. The highest BCUT2D eigenvalue weighted by atomic mass is 16.1. The number of pyridine rings is 1. The fourth-order valence-corrected chi connectivity index (χ4v) is 1.33. The van der Waals surface area contributed by atoms with Crippen molar-refractivity contribution in [2.75, 3.05) is 0 Å². The average molecular weight is 321 g/mol. The quantitative estimate of drug-likeness (QED) is 0.791. The molecule has 0 saturated heterocycles. The largest absolute Gasteiger partial charge is 0.353 e. The third-order valence-electron chi connectivity index (χ3n) is 3.04. The molecule has 0 bridgehead atoms. The van der Waals surface area contributed by atoms with E-state index >= 15 is 0 Å². The van der Waals surface area contributed by atoms with Gasteiger partial charge in [0, 0.05) is 24.9 Å². The van der Waals surface area contributed by atoms with Gasteiger partial charge in [0.15, 0.2) is 0 Å². The lowest BCUT2D eigenvalue weighted by Gasteiger charge is -2.28. The van der Waals surface area contributed by atoms with E-state index in [2.05, 4.69) is 65.0 Å². The Morgan fingerprint density at radius 3 is 2.13 bits per heavy atom. The van der Waals surface area contributed by atoms with Crippen molar-refractivity contribution in [3.05, 3.63) is 43.2 Å². The normalized spacial score (nSPS) is 11.5. The molecule has 3 heteroatoms. The van der Waals surface area contributed by atoms with Gasteiger partial charge in [0.05, 0.1) is 0 Å². The summed E-state index contributed by atoms with van der Waals surface area (Å²) in [7, 11) is 0. The molecule has 1 N–H and O–H groups in total. The van der Waals surface area contributed by atoms with Crippen LogP contribution in [0.15, 0.2) is 37.7 Å². The Bertz CT molecular complexity index is 405. The molecule has 1 aromatic rings. The van der Waals surface area contributed by atoms with Gasteiger partial charge in [-0.2, -0.15) is 0 Å². The van der Waals surface area contributed by atoms with Crippen LogP contribution < -0.4 is 5.32 Å². The Kier molecular flexibility index (Phi) is 13.2. The van der Waals surface area contributed by atoms with Crippen LogP contribution in [0.5, 0.6) is 0 Å². The molecular formula is C20H36N2O. The fraction of sp³-hybridized carbons (Fsp3) is 0.600. The second-order valence-corrected chi connectivity index (χ2v) is 7.25. The first-order valence-corrected chi connectivity index (χ1v) is 8.31. The minimum absolute atomic E-state index is 0.101. The SMILES string of the molecule is C=C.CC(C)C.CC(NC(=O)CCc1cccnc1)C(C)(C)C. The van der Waals surface area contributed by atoms with E-state index in [0.29, 0.717) is 6.42 Å². The number of carbonyl (C=O) groups is 1. The number of hydrogen-bond acceptors (Lipinski definition) is 2. The maximum absolute atomic E-state index is 11.7. The highest BCUT2D eigenvalue weighted by Crippen LogP contribution is 2.18. The lowest BCUT2D eigenvalue weighted by molar-refractivity contribution is -0.122. The zero-order valence-electron chi connectivity index (χ0n) is 16.1. The predicted molar refractivity (Wildman–Crippen MR) is 101 cm³/mol. The summed E-state index contributed by atoms with van der Waals surface area (Å²) < 4.78 is 0. The average Bonchev–Trinajstić information content (AvgIpc) is 2.47. The van der Waals surface area contributed by atoms with Crippen molar-refractivity contribution < 1.29 is 4.79 Å². The summed E-state index contributed by atoms with van der Waals surface area (Å²) >= 11 is 0.